The highest BCUT2D eigenvalue weighted by Gasteiger charge is 2.43. The summed E-state index contributed by atoms with van der Waals surface area (Å²) in [5.74, 6) is 0.511. The SMILES string of the molecule is Cc1ccc2c(c1)C(=O)N(CC(=O)NC1CCCCCC1)CC1(CCN(C)CC1)O2. The highest BCUT2D eigenvalue weighted by atomic mass is 16.5. The molecule has 0 unspecified atom stereocenters. The van der Waals surface area contributed by atoms with Crippen molar-refractivity contribution >= 4 is 11.8 Å². The first kappa shape index (κ1) is 21.2. The molecule has 4 rings (SSSR count). The van der Waals surface area contributed by atoms with Crippen LogP contribution in [-0.2, 0) is 4.79 Å². The van der Waals surface area contributed by atoms with Gasteiger partial charge in [-0.15, -0.1) is 0 Å². The molecule has 0 aromatic heterocycles. The zero-order valence-electron chi connectivity index (χ0n) is 18.4. The summed E-state index contributed by atoms with van der Waals surface area (Å²) in [5, 5.41) is 3.20. The lowest BCUT2D eigenvalue weighted by Crippen LogP contribution is -2.55. The van der Waals surface area contributed by atoms with Gasteiger partial charge in [0.15, 0.2) is 0 Å². The molecule has 2 amide bonds. The van der Waals surface area contributed by atoms with Crippen LogP contribution >= 0.6 is 0 Å². The van der Waals surface area contributed by atoms with Gasteiger partial charge in [0.1, 0.15) is 17.9 Å². The Bertz CT molecular complexity index is 778. The molecule has 164 valence electrons. The first-order valence-corrected chi connectivity index (χ1v) is 11.5. The fourth-order valence-corrected chi connectivity index (χ4v) is 5.04. The molecule has 0 bridgehead atoms. The topological polar surface area (TPSA) is 61.9 Å². The van der Waals surface area contributed by atoms with E-state index < -0.39 is 5.60 Å². The number of amides is 2. The van der Waals surface area contributed by atoms with Crippen molar-refractivity contribution in [3.63, 3.8) is 0 Å². The fraction of sp³-hybridized carbons (Fsp3) is 0.667. The van der Waals surface area contributed by atoms with Crippen LogP contribution in [0.4, 0.5) is 0 Å². The van der Waals surface area contributed by atoms with Crippen LogP contribution in [0.15, 0.2) is 18.2 Å². The maximum absolute atomic E-state index is 13.4. The first-order chi connectivity index (χ1) is 14.4. The summed E-state index contributed by atoms with van der Waals surface area (Å²) >= 11 is 0. The number of hydrogen-bond donors (Lipinski definition) is 1. The molecule has 6 heteroatoms. The quantitative estimate of drug-likeness (QED) is 0.774. The second-order valence-corrected chi connectivity index (χ2v) is 9.51. The van der Waals surface area contributed by atoms with Gasteiger partial charge in [-0.3, -0.25) is 9.59 Å². The number of ether oxygens (including phenoxy) is 1. The monoisotopic (exact) mass is 413 g/mol. The highest BCUT2D eigenvalue weighted by Crippen LogP contribution is 2.35. The van der Waals surface area contributed by atoms with Gasteiger partial charge in [-0.2, -0.15) is 0 Å². The van der Waals surface area contributed by atoms with Crippen LogP contribution in [0.1, 0.15) is 67.3 Å². The molecule has 2 aliphatic heterocycles. The Morgan fingerprint density at radius 1 is 1.17 bits per heavy atom. The van der Waals surface area contributed by atoms with Crippen LogP contribution in [0.2, 0.25) is 0 Å². The van der Waals surface area contributed by atoms with Gasteiger partial charge < -0.3 is 19.9 Å². The molecule has 1 aromatic carbocycles. The fourth-order valence-electron chi connectivity index (χ4n) is 5.04. The number of aryl methyl sites for hydroxylation is 1. The van der Waals surface area contributed by atoms with Crippen LogP contribution in [0.5, 0.6) is 5.75 Å². The van der Waals surface area contributed by atoms with Crippen molar-refractivity contribution in [2.24, 2.45) is 0 Å². The van der Waals surface area contributed by atoms with E-state index in [1.165, 1.54) is 25.7 Å². The number of likely N-dealkylation sites (tertiary alicyclic amines) is 1. The average molecular weight is 414 g/mol. The van der Waals surface area contributed by atoms with E-state index in [9.17, 15) is 9.59 Å². The lowest BCUT2D eigenvalue weighted by atomic mass is 9.90. The molecule has 30 heavy (non-hydrogen) atoms. The number of carbonyl (C=O) groups excluding carboxylic acids is 2. The number of nitrogens with zero attached hydrogens (tertiary/aromatic N) is 2. The standard InChI is InChI=1S/C24H35N3O3/c1-18-9-10-21-20(15-18)23(29)27(17-24(30-21)11-13-26(2)14-12-24)16-22(28)25-19-7-5-3-4-6-8-19/h9-10,15,19H,3-8,11-14,16-17H2,1-2H3,(H,25,28). The minimum atomic E-state index is -0.425. The molecule has 1 saturated heterocycles. The molecule has 1 aromatic rings. The Labute approximate surface area is 179 Å². The second kappa shape index (κ2) is 8.96. The lowest BCUT2D eigenvalue weighted by Gasteiger charge is -2.41. The van der Waals surface area contributed by atoms with E-state index in [0.717, 1.165) is 44.3 Å². The molecule has 6 nitrogen and oxygen atoms in total. The van der Waals surface area contributed by atoms with Gasteiger partial charge in [0, 0.05) is 32.0 Å². The van der Waals surface area contributed by atoms with Gasteiger partial charge in [-0.1, -0.05) is 37.3 Å². The van der Waals surface area contributed by atoms with Crippen molar-refractivity contribution in [3.05, 3.63) is 29.3 Å². The van der Waals surface area contributed by atoms with Gasteiger partial charge in [0.2, 0.25) is 5.91 Å². The zero-order valence-corrected chi connectivity index (χ0v) is 18.4. The summed E-state index contributed by atoms with van der Waals surface area (Å²) in [5.41, 5.74) is 1.17. The maximum atomic E-state index is 13.4. The molecule has 2 fully saturated rings. The summed E-state index contributed by atoms with van der Waals surface area (Å²) in [6.07, 6.45) is 8.64. The van der Waals surface area contributed by atoms with Crippen molar-refractivity contribution < 1.29 is 14.3 Å². The first-order valence-electron chi connectivity index (χ1n) is 11.5. The molecule has 0 radical (unpaired) electrons. The van der Waals surface area contributed by atoms with E-state index >= 15 is 0 Å². The number of carbonyl (C=O) groups is 2. The summed E-state index contributed by atoms with van der Waals surface area (Å²) in [4.78, 5) is 30.3. The van der Waals surface area contributed by atoms with Crippen molar-refractivity contribution in [2.75, 3.05) is 33.2 Å². The molecule has 1 saturated carbocycles. The van der Waals surface area contributed by atoms with Crippen LogP contribution < -0.4 is 10.1 Å². The molecule has 3 aliphatic rings. The van der Waals surface area contributed by atoms with Gasteiger partial charge in [0.25, 0.3) is 5.91 Å². The molecular formula is C24H35N3O3. The van der Waals surface area contributed by atoms with Crippen molar-refractivity contribution in [3.8, 4) is 5.75 Å². The Morgan fingerprint density at radius 2 is 1.87 bits per heavy atom. The Balaban J connectivity index is 1.54. The van der Waals surface area contributed by atoms with Crippen LogP contribution in [-0.4, -0.2) is 66.5 Å². The summed E-state index contributed by atoms with van der Waals surface area (Å²) in [6.45, 7) is 4.40. The predicted molar refractivity (Wildman–Crippen MR) is 117 cm³/mol. The smallest absolute Gasteiger partial charge is 0.258 e. The largest absolute Gasteiger partial charge is 0.484 e. The Hall–Kier alpha value is -2.08. The maximum Gasteiger partial charge on any atom is 0.258 e. The van der Waals surface area contributed by atoms with Crippen molar-refractivity contribution in [2.45, 2.75) is 69.9 Å². The van der Waals surface area contributed by atoms with Gasteiger partial charge in [-0.05, 0) is 38.9 Å². The van der Waals surface area contributed by atoms with Crippen molar-refractivity contribution in [1.29, 1.82) is 0 Å². The number of rotatable bonds is 3. The minimum absolute atomic E-state index is 0.0468. The minimum Gasteiger partial charge on any atom is -0.484 e. The molecule has 1 aliphatic carbocycles. The van der Waals surface area contributed by atoms with E-state index in [2.05, 4.69) is 17.3 Å². The zero-order chi connectivity index (χ0) is 21.1. The number of nitrogens with one attached hydrogen (secondary N) is 1. The van der Waals surface area contributed by atoms with E-state index in [4.69, 9.17) is 4.74 Å². The normalized spacial score (nSPS) is 22.7. The molecule has 0 atom stereocenters. The van der Waals surface area contributed by atoms with Crippen molar-refractivity contribution in [1.82, 2.24) is 15.1 Å². The van der Waals surface area contributed by atoms with E-state index in [1.807, 2.05) is 25.1 Å². The van der Waals surface area contributed by atoms with Gasteiger partial charge >= 0.3 is 0 Å². The third-order valence-electron chi connectivity index (χ3n) is 6.91. The van der Waals surface area contributed by atoms with Gasteiger partial charge in [0.05, 0.1) is 12.1 Å². The predicted octanol–water partition coefficient (Wildman–Crippen LogP) is 3.13. The summed E-state index contributed by atoms with van der Waals surface area (Å²) < 4.78 is 6.52. The number of benzene rings is 1. The summed E-state index contributed by atoms with van der Waals surface area (Å²) in [6, 6.07) is 6.04. The Kier molecular flexibility index (Phi) is 6.32. The third kappa shape index (κ3) is 4.80. The molecule has 1 N–H and O–H groups in total. The number of piperidine rings is 1. The molecule has 2 heterocycles. The van der Waals surface area contributed by atoms with Crippen LogP contribution in [0.3, 0.4) is 0 Å². The van der Waals surface area contributed by atoms with E-state index in [1.54, 1.807) is 4.90 Å². The van der Waals surface area contributed by atoms with Gasteiger partial charge in [-0.25, -0.2) is 0 Å². The lowest BCUT2D eigenvalue weighted by molar-refractivity contribution is -0.123. The van der Waals surface area contributed by atoms with E-state index in [0.29, 0.717) is 17.9 Å². The number of fused-ring (bicyclic) bond motifs is 1. The van der Waals surface area contributed by atoms with E-state index in [-0.39, 0.29) is 24.4 Å². The van der Waals surface area contributed by atoms with Crippen LogP contribution in [0, 0.1) is 6.92 Å². The third-order valence-corrected chi connectivity index (χ3v) is 6.91. The van der Waals surface area contributed by atoms with Crippen LogP contribution in [0.25, 0.3) is 0 Å². The Morgan fingerprint density at radius 3 is 2.57 bits per heavy atom. The number of hydrogen-bond acceptors (Lipinski definition) is 4. The molecular weight excluding hydrogens is 378 g/mol. The average Bonchev–Trinajstić information content (AvgIpc) is 3.03. The second-order valence-electron chi connectivity index (χ2n) is 9.51. The summed E-state index contributed by atoms with van der Waals surface area (Å²) in [7, 11) is 2.12. The highest BCUT2D eigenvalue weighted by molar-refractivity contribution is 5.99. The molecule has 1 spiro atoms.